The average molecular weight is 294 g/mol. The Balaban J connectivity index is 2.26. The summed E-state index contributed by atoms with van der Waals surface area (Å²) < 4.78 is 26.1. The van der Waals surface area contributed by atoms with Gasteiger partial charge in [0.15, 0.2) is 0 Å². The molecule has 6 heteroatoms. The van der Waals surface area contributed by atoms with Gasteiger partial charge in [-0.25, -0.2) is 8.42 Å². The second-order valence-electron chi connectivity index (χ2n) is 4.81. The number of thioether (sulfide) groups is 1. The standard InChI is InChI=1S/C12H26N2O2S2/c1-3-6-13-7-4-5-10-18(15,16)14-8-9-17-11-12(14)2/h12-13H,3-11H2,1-2H3. The number of rotatable bonds is 8. The molecule has 0 spiro atoms. The molecular weight excluding hydrogens is 268 g/mol. The van der Waals surface area contributed by atoms with Gasteiger partial charge in [-0.15, -0.1) is 0 Å². The fraction of sp³-hybridized carbons (Fsp3) is 1.00. The Bertz CT molecular complexity index is 320. The highest BCUT2D eigenvalue weighted by Crippen LogP contribution is 2.20. The van der Waals surface area contributed by atoms with Crippen molar-refractivity contribution >= 4 is 21.8 Å². The maximum atomic E-state index is 12.2. The van der Waals surface area contributed by atoms with Gasteiger partial charge in [0.25, 0.3) is 0 Å². The fourth-order valence-corrected chi connectivity index (χ4v) is 5.10. The number of hydrogen-bond acceptors (Lipinski definition) is 4. The molecule has 1 fully saturated rings. The van der Waals surface area contributed by atoms with Gasteiger partial charge in [0.1, 0.15) is 0 Å². The van der Waals surface area contributed by atoms with E-state index in [1.165, 1.54) is 0 Å². The zero-order valence-electron chi connectivity index (χ0n) is 11.5. The van der Waals surface area contributed by atoms with E-state index in [1.807, 2.05) is 18.7 Å². The summed E-state index contributed by atoms with van der Waals surface area (Å²) in [6, 6.07) is 0.159. The molecule has 1 aliphatic rings. The predicted molar refractivity (Wildman–Crippen MR) is 79.7 cm³/mol. The van der Waals surface area contributed by atoms with Crippen molar-refractivity contribution in [3.63, 3.8) is 0 Å². The normalized spacial score (nSPS) is 22.2. The zero-order valence-corrected chi connectivity index (χ0v) is 13.2. The molecule has 18 heavy (non-hydrogen) atoms. The van der Waals surface area contributed by atoms with Gasteiger partial charge < -0.3 is 5.32 Å². The van der Waals surface area contributed by atoms with Gasteiger partial charge in [0.05, 0.1) is 5.75 Å². The minimum absolute atomic E-state index is 0.159. The zero-order chi connectivity index (χ0) is 13.4. The van der Waals surface area contributed by atoms with Gasteiger partial charge in [-0.1, -0.05) is 6.92 Å². The van der Waals surface area contributed by atoms with Gasteiger partial charge in [0, 0.05) is 24.1 Å². The molecule has 0 amide bonds. The molecule has 1 aliphatic heterocycles. The Labute approximate surface area is 116 Å². The van der Waals surface area contributed by atoms with Crippen LogP contribution in [0.25, 0.3) is 0 Å². The van der Waals surface area contributed by atoms with Crippen molar-refractivity contribution in [2.45, 2.75) is 39.2 Å². The smallest absolute Gasteiger partial charge is 0.214 e. The van der Waals surface area contributed by atoms with Crippen LogP contribution in [0.3, 0.4) is 0 Å². The molecule has 0 bridgehead atoms. The minimum atomic E-state index is -3.03. The predicted octanol–water partition coefficient (Wildman–Crippen LogP) is 1.53. The van der Waals surface area contributed by atoms with Crippen LogP contribution in [0.1, 0.15) is 33.1 Å². The second-order valence-corrected chi connectivity index (χ2v) is 8.00. The summed E-state index contributed by atoms with van der Waals surface area (Å²) in [6.07, 6.45) is 2.83. The van der Waals surface area contributed by atoms with E-state index >= 15 is 0 Å². The first-order chi connectivity index (χ1) is 8.58. The van der Waals surface area contributed by atoms with Crippen LogP contribution >= 0.6 is 11.8 Å². The van der Waals surface area contributed by atoms with E-state index in [4.69, 9.17) is 0 Å². The van der Waals surface area contributed by atoms with Crippen molar-refractivity contribution in [2.24, 2.45) is 0 Å². The van der Waals surface area contributed by atoms with E-state index in [9.17, 15) is 8.42 Å². The molecule has 1 saturated heterocycles. The third-order valence-corrected chi connectivity index (χ3v) is 6.35. The van der Waals surface area contributed by atoms with Crippen LogP contribution in [-0.4, -0.2) is 55.7 Å². The van der Waals surface area contributed by atoms with Crippen molar-refractivity contribution < 1.29 is 8.42 Å². The van der Waals surface area contributed by atoms with Crippen molar-refractivity contribution in [3.05, 3.63) is 0 Å². The molecule has 0 aliphatic carbocycles. The summed E-state index contributed by atoms with van der Waals surface area (Å²) in [6.45, 7) is 6.77. The first-order valence-electron chi connectivity index (χ1n) is 6.86. The summed E-state index contributed by atoms with van der Waals surface area (Å²) in [4.78, 5) is 0. The van der Waals surface area contributed by atoms with E-state index in [0.717, 1.165) is 43.9 Å². The molecule has 4 nitrogen and oxygen atoms in total. The van der Waals surface area contributed by atoms with Crippen molar-refractivity contribution in [1.29, 1.82) is 0 Å². The quantitative estimate of drug-likeness (QED) is 0.690. The summed E-state index contributed by atoms with van der Waals surface area (Å²) in [5.41, 5.74) is 0. The fourth-order valence-electron chi connectivity index (χ4n) is 2.08. The molecule has 0 aromatic heterocycles. The van der Waals surface area contributed by atoms with E-state index in [0.29, 0.717) is 12.3 Å². The van der Waals surface area contributed by atoms with Gasteiger partial charge >= 0.3 is 0 Å². The largest absolute Gasteiger partial charge is 0.317 e. The van der Waals surface area contributed by atoms with Gasteiger partial charge in [-0.2, -0.15) is 16.1 Å². The molecule has 1 unspecified atom stereocenters. The van der Waals surface area contributed by atoms with E-state index in [1.54, 1.807) is 4.31 Å². The van der Waals surface area contributed by atoms with E-state index in [-0.39, 0.29) is 6.04 Å². The lowest BCUT2D eigenvalue weighted by Gasteiger charge is -2.31. The third-order valence-electron chi connectivity index (χ3n) is 3.10. The van der Waals surface area contributed by atoms with Gasteiger partial charge in [0.2, 0.25) is 10.0 Å². The van der Waals surface area contributed by atoms with E-state index in [2.05, 4.69) is 12.2 Å². The van der Waals surface area contributed by atoms with Crippen LogP contribution < -0.4 is 5.32 Å². The molecule has 1 N–H and O–H groups in total. The first kappa shape index (κ1) is 16.3. The SMILES string of the molecule is CCCNCCCCS(=O)(=O)N1CCSCC1C. The highest BCUT2D eigenvalue weighted by atomic mass is 32.2. The third kappa shape index (κ3) is 5.47. The number of nitrogens with one attached hydrogen (secondary N) is 1. The summed E-state index contributed by atoms with van der Waals surface area (Å²) in [7, 11) is -3.03. The number of hydrogen-bond donors (Lipinski definition) is 1. The number of nitrogens with zero attached hydrogens (tertiary/aromatic N) is 1. The summed E-state index contributed by atoms with van der Waals surface area (Å²) in [5, 5.41) is 3.30. The minimum Gasteiger partial charge on any atom is -0.317 e. The Kier molecular flexibility index (Phi) is 7.60. The summed E-state index contributed by atoms with van der Waals surface area (Å²) >= 11 is 1.84. The maximum Gasteiger partial charge on any atom is 0.214 e. The van der Waals surface area contributed by atoms with Gasteiger partial charge in [-0.05, 0) is 39.3 Å². The molecule has 1 atom stereocenters. The van der Waals surface area contributed by atoms with Crippen molar-refractivity contribution in [1.82, 2.24) is 9.62 Å². The molecule has 108 valence electrons. The van der Waals surface area contributed by atoms with Crippen LogP contribution in [0, 0.1) is 0 Å². The molecule has 0 radical (unpaired) electrons. The lowest BCUT2D eigenvalue weighted by molar-refractivity contribution is 0.367. The van der Waals surface area contributed by atoms with Crippen LogP contribution in [-0.2, 0) is 10.0 Å². The van der Waals surface area contributed by atoms with Crippen LogP contribution in [0.4, 0.5) is 0 Å². The molecule has 1 rings (SSSR count). The average Bonchev–Trinajstić information content (AvgIpc) is 2.34. The molecule has 0 aromatic rings. The topological polar surface area (TPSA) is 49.4 Å². The first-order valence-corrected chi connectivity index (χ1v) is 9.62. The van der Waals surface area contributed by atoms with Crippen LogP contribution in [0.15, 0.2) is 0 Å². The Morgan fingerprint density at radius 1 is 1.33 bits per heavy atom. The maximum absolute atomic E-state index is 12.2. The highest BCUT2D eigenvalue weighted by Gasteiger charge is 2.28. The second kappa shape index (κ2) is 8.40. The van der Waals surface area contributed by atoms with Crippen LogP contribution in [0.2, 0.25) is 0 Å². The molecule has 0 saturated carbocycles. The van der Waals surface area contributed by atoms with Crippen LogP contribution in [0.5, 0.6) is 0 Å². The summed E-state index contributed by atoms with van der Waals surface area (Å²) in [5.74, 6) is 2.16. The van der Waals surface area contributed by atoms with Crippen molar-refractivity contribution in [2.75, 3.05) is 36.9 Å². The Hall–Kier alpha value is 0.220. The lowest BCUT2D eigenvalue weighted by atomic mass is 10.3. The lowest BCUT2D eigenvalue weighted by Crippen LogP contribution is -2.45. The molecular formula is C12H26N2O2S2. The molecule has 1 heterocycles. The molecule has 0 aromatic carbocycles. The van der Waals surface area contributed by atoms with E-state index < -0.39 is 10.0 Å². The van der Waals surface area contributed by atoms with Crippen molar-refractivity contribution in [3.8, 4) is 0 Å². The Morgan fingerprint density at radius 2 is 2.11 bits per heavy atom. The Morgan fingerprint density at radius 3 is 2.78 bits per heavy atom. The van der Waals surface area contributed by atoms with Gasteiger partial charge in [-0.3, -0.25) is 0 Å². The monoisotopic (exact) mass is 294 g/mol. The number of sulfonamides is 1. The highest BCUT2D eigenvalue weighted by molar-refractivity contribution is 7.99. The number of unbranched alkanes of at least 4 members (excludes halogenated alkanes) is 1.